The monoisotopic (exact) mass is 222 g/mol. The minimum Gasteiger partial charge on any atom is -0.331 e. The molecule has 0 aliphatic heterocycles. The van der Waals surface area contributed by atoms with E-state index in [-0.39, 0.29) is 7.43 Å². The van der Waals surface area contributed by atoms with Crippen LogP contribution in [-0.4, -0.2) is 32.2 Å². The summed E-state index contributed by atoms with van der Waals surface area (Å²) in [6.45, 7) is 9.22. The minimum atomic E-state index is 0. The Hall–Kier alpha value is -1.08. The van der Waals surface area contributed by atoms with E-state index in [1.807, 2.05) is 25.1 Å². The van der Waals surface area contributed by atoms with E-state index in [4.69, 9.17) is 0 Å². The highest BCUT2D eigenvalue weighted by molar-refractivity contribution is 5.60. The molecule has 0 heterocycles. The molecule has 1 nitrogen and oxygen atoms in total. The van der Waals surface area contributed by atoms with Crippen LogP contribution in [0.2, 0.25) is 0 Å². The first kappa shape index (κ1) is 17.3. The van der Waals surface area contributed by atoms with Gasteiger partial charge in [-0.15, -0.1) is 0 Å². The third-order valence-corrected chi connectivity index (χ3v) is 2.22. The van der Waals surface area contributed by atoms with Crippen molar-refractivity contribution in [3.05, 3.63) is 42.5 Å². The van der Waals surface area contributed by atoms with Gasteiger partial charge in [-0.1, -0.05) is 49.9 Å². The molecule has 0 N–H and O–H groups in total. The van der Waals surface area contributed by atoms with Crippen LogP contribution in [0, 0.1) is 0 Å². The molecule has 1 rings (SSSR count). The van der Waals surface area contributed by atoms with E-state index in [0.29, 0.717) is 0 Å². The highest BCUT2D eigenvalue weighted by Crippen LogP contribution is 2.08. The third-order valence-electron chi connectivity index (χ3n) is 2.22. The van der Waals surface area contributed by atoms with Crippen LogP contribution in [0.15, 0.2) is 36.9 Å². The van der Waals surface area contributed by atoms with Crippen molar-refractivity contribution >= 4 is 5.57 Å². The number of allylic oxidation sites excluding steroid dienone is 1. The summed E-state index contributed by atoms with van der Waals surface area (Å²) in [5.41, 5.74) is 2.34. The maximum Gasteiger partial charge on any atom is 0.0751 e. The molecule has 0 aromatic heterocycles. The highest BCUT2D eigenvalue weighted by Gasteiger charge is 1.97. The molecule has 0 aliphatic carbocycles. The Balaban J connectivity index is 0. The van der Waals surface area contributed by atoms with Crippen LogP contribution in [0.1, 0.15) is 26.8 Å². The smallest absolute Gasteiger partial charge is 0.0751 e. The molecule has 0 saturated heterocycles. The van der Waals surface area contributed by atoms with Crippen LogP contribution < -0.4 is 0 Å². The number of hydrogen-bond donors (Lipinski definition) is 0. The molecule has 0 atom stereocenters. The maximum absolute atomic E-state index is 3.83. The predicted octanol–water partition coefficient (Wildman–Crippen LogP) is 4.07. The molecular weight excluding hydrogens is 194 g/mol. The topological polar surface area (TPSA) is 0 Å². The van der Waals surface area contributed by atoms with E-state index in [0.717, 1.165) is 10.1 Å². The zero-order valence-electron chi connectivity index (χ0n) is 10.7. The molecule has 0 aliphatic rings. The number of rotatable bonds is 2. The molecule has 0 radical (unpaired) electrons. The van der Waals surface area contributed by atoms with Gasteiger partial charge in [-0.05, 0) is 19.4 Å². The van der Waals surface area contributed by atoms with Crippen LogP contribution >= 0.6 is 0 Å². The van der Waals surface area contributed by atoms with E-state index in [9.17, 15) is 0 Å². The first-order valence-electron chi connectivity index (χ1n) is 5.38. The van der Waals surface area contributed by atoms with Gasteiger partial charge >= 0.3 is 0 Å². The summed E-state index contributed by atoms with van der Waals surface area (Å²) in [5, 5.41) is 0. The summed E-state index contributed by atoms with van der Waals surface area (Å²) in [5.74, 6) is 0. The van der Waals surface area contributed by atoms with Crippen LogP contribution in [0.5, 0.6) is 0 Å². The Bertz CT molecular complexity index is 280. The van der Waals surface area contributed by atoms with Gasteiger partial charge in [-0.3, -0.25) is 0 Å². The molecule has 1 aromatic rings. The largest absolute Gasteiger partial charge is 0.331 e. The summed E-state index contributed by atoms with van der Waals surface area (Å²) >= 11 is 0. The molecule has 0 unspecified atom stereocenters. The van der Waals surface area contributed by atoms with Gasteiger partial charge in [0.2, 0.25) is 0 Å². The third kappa shape index (κ3) is 9.47. The summed E-state index contributed by atoms with van der Waals surface area (Å²) in [7, 11) is 6.54. The second-order valence-corrected chi connectivity index (χ2v) is 4.75. The number of benzene rings is 1. The lowest BCUT2D eigenvalue weighted by atomic mass is 10.1. The van der Waals surface area contributed by atoms with Crippen LogP contribution in [0.25, 0.3) is 5.57 Å². The molecule has 1 aromatic carbocycles. The fraction of sp³-hybridized carbons (Fsp3) is 0.467. The van der Waals surface area contributed by atoms with E-state index in [2.05, 4.69) is 46.8 Å². The fourth-order valence-corrected chi connectivity index (χ4v) is 0.723. The van der Waals surface area contributed by atoms with Crippen molar-refractivity contribution in [3.8, 4) is 0 Å². The van der Waals surface area contributed by atoms with E-state index >= 15 is 0 Å². The first-order chi connectivity index (χ1) is 6.87. The quantitative estimate of drug-likeness (QED) is 0.662. The average Bonchev–Trinajstić information content (AvgIpc) is 2.19. The molecule has 1 heteroatoms. The Morgan fingerprint density at radius 1 is 1.12 bits per heavy atom. The highest BCUT2D eigenvalue weighted by atomic mass is 15.3. The van der Waals surface area contributed by atoms with Gasteiger partial charge in [0, 0.05) is 0 Å². The van der Waals surface area contributed by atoms with Crippen molar-refractivity contribution in [3.63, 3.8) is 0 Å². The van der Waals surface area contributed by atoms with Crippen molar-refractivity contribution in [2.45, 2.75) is 21.3 Å². The normalized spacial score (nSPS) is 9.56. The summed E-state index contributed by atoms with van der Waals surface area (Å²) < 4.78 is 1.07. The average molecular weight is 222 g/mol. The molecule has 0 spiro atoms. The first-order valence-corrected chi connectivity index (χ1v) is 5.38. The zero-order valence-corrected chi connectivity index (χ0v) is 10.7. The van der Waals surface area contributed by atoms with Crippen molar-refractivity contribution in [1.29, 1.82) is 0 Å². The van der Waals surface area contributed by atoms with Crippen molar-refractivity contribution in [2.75, 3.05) is 27.7 Å². The lowest BCUT2D eigenvalue weighted by Gasteiger charge is -2.20. The van der Waals surface area contributed by atoms with Crippen LogP contribution in [-0.2, 0) is 0 Å². The van der Waals surface area contributed by atoms with Gasteiger partial charge in [-0.25, -0.2) is 0 Å². The minimum absolute atomic E-state index is 0. The van der Waals surface area contributed by atoms with Gasteiger partial charge in [0.05, 0.1) is 27.7 Å². The lowest BCUT2D eigenvalue weighted by molar-refractivity contribution is -0.868. The van der Waals surface area contributed by atoms with Gasteiger partial charge in [-0.2, -0.15) is 0 Å². The molecule has 16 heavy (non-hydrogen) atoms. The van der Waals surface area contributed by atoms with E-state index in [1.165, 1.54) is 12.1 Å². The number of nitrogens with zero attached hydrogens (tertiary/aromatic N) is 1. The second kappa shape index (κ2) is 8.12. The number of hydrogen-bond acceptors (Lipinski definition) is 0. The standard InChI is InChI=1S/C9H10.C5H14N.CH4/c1-8(2)9-6-4-3-5-7-9;1-5-6(2,3)4;/h3-7H,1H2,2H3;5H2,1-4H3;1H4/q;+1;. The van der Waals surface area contributed by atoms with Gasteiger partial charge in [0.1, 0.15) is 0 Å². The van der Waals surface area contributed by atoms with Crippen molar-refractivity contribution in [2.24, 2.45) is 0 Å². The van der Waals surface area contributed by atoms with Crippen molar-refractivity contribution in [1.82, 2.24) is 0 Å². The molecule has 0 amide bonds. The van der Waals surface area contributed by atoms with Gasteiger partial charge in [0.25, 0.3) is 0 Å². The SMILES string of the molecule is C.C=C(C)c1ccccc1.CC[N+](C)(C)C. The fourth-order valence-electron chi connectivity index (χ4n) is 0.723. The Kier molecular flexibility index (Phi) is 8.79. The van der Waals surface area contributed by atoms with Gasteiger partial charge in [0.15, 0.2) is 0 Å². The van der Waals surface area contributed by atoms with E-state index < -0.39 is 0 Å². The Morgan fingerprint density at radius 2 is 1.50 bits per heavy atom. The lowest BCUT2D eigenvalue weighted by Crippen LogP contribution is -2.33. The molecule has 0 bridgehead atoms. The molecule has 92 valence electrons. The van der Waals surface area contributed by atoms with E-state index in [1.54, 1.807) is 0 Å². The molecular formula is C15H28N+. The molecule has 0 saturated carbocycles. The van der Waals surface area contributed by atoms with Crippen LogP contribution in [0.3, 0.4) is 0 Å². The molecule has 0 fully saturated rings. The predicted molar refractivity (Wildman–Crippen MR) is 76.5 cm³/mol. The van der Waals surface area contributed by atoms with Crippen LogP contribution in [0.4, 0.5) is 0 Å². The summed E-state index contributed by atoms with van der Waals surface area (Å²) in [6, 6.07) is 10.2. The van der Waals surface area contributed by atoms with Crippen molar-refractivity contribution < 1.29 is 4.48 Å². The summed E-state index contributed by atoms with van der Waals surface area (Å²) in [4.78, 5) is 0. The Labute approximate surface area is 102 Å². The second-order valence-electron chi connectivity index (χ2n) is 4.75. The van der Waals surface area contributed by atoms with Gasteiger partial charge < -0.3 is 4.48 Å². The number of quaternary nitrogens is 1. The maximum atomic E-state index is 3.83. The zero-order chi connectivity index (χ0) is 11.9. The Morgan fingerprint density at radius 3 is 1.69 bits per heavy atom. The summed E-state index contributed by atoms with van der Waals surface area (Å²) in [6.07, 6.45) is 0.